The number of nitrogens with zero attached hydrogens (tertiary/aromatic N) is 4. The molecule has 0 bridgehead atoms. The molecule has 10 heteroatoms. The van der Waals surface area contributed by atoms with Crippen LogP contribution in [-0.2, 0) is 22.3 Å². The summed E-state index contributed by atoms with van der Waals surface area (Å²) in [4.78, 5) is 6.50. The number of methoxy groups -OCH3 is 1. The molecule has 0 saturated carbocycles. The quantitative estimate of drug-likeness (QED) is 0.551. The average molecular weight is 447 g/mol. The van der Waals surface area contributed by atoms with Crippen molar-refractivity contribution in [3.63, 3.8) is 0 Å². The average Bonchev–Trinajstić information content (AvgIpc) is 3.22. The lowest BCUT2D eigenvalue weighted by molar-refractivity contribution is 0.163. The molecule has 0 aliphatic carbocycles. The van der Waals surface area contributed by atoms with Crippen molar-refractivity contribution in [2.75, 3.05) is 33.3 Å². The fourth-order valence-corrected chi connectivity index (χ4v) is 4.97. The predicted molar refractivity (Wildman–Crippen MR) is 112 cm³/mol. The van der Waals surface area contributed by atoms with Gasteiger partial charge in [-0.25, -0.2) is 12.8 Å². The highest BCUT2D eigenvalue weighted by molar-refractivity contribution is 7.88. The lowest BCUT2D eigenvalue weighted by Gasteiger charge is -2.33. The van der Waals surface area contributed by atoms with E-state index in [9.17, 15) is 12.8 Å². The number of aromatic nitrogens is 2. The van der Waals surface area contributed by atoms with Crippen molar-refractivity contribution in [2.45, 2.75) is 12.3 Å². The molecule has 8 nitrogen and oxygen atoms in total. The van der Waals surface area contributed by atoms with Crippen LogP contribution >= 0.6 is 0 Å². The lowest BCUT2D eigenvalue weighted by atomic mass is 10.2. The van der Waals surface area contributed by atoms with Crippen LogP contribution in [0.5, 0.6) is 5.75 Å². The minimum absolute atomic E-state index is 0.209. The lowest BCUT2D eigenvalue weighted by Crippen LogP contribution is -2.48. The first-order valence-electron chi connectivity index (χ1n) is 9.84. The standard InChI is InChI=1S/C21H23FN4O4S/c1-29-19-7-5-17(6-8-19)21-23-20(30-24-21)14-25-9-11-26(12-10-25)31(27,28)15-16-3-2-4-18(22)13-16/h2-8,13H,9-12,14-15H2,1H3. The Morgan fingerprint density at radius 1 is 1.10 bits per heavy atom. The smallest absolute Gasteiger partial charge is 0.241 e. The second-order valence-electron chi connectivity index (χ2n) is 7.30. The highest BCUT2D eigenvalue weighted by Gasteiger charge is 2.28. The van der Waals surface area contributed by atoms with Gasteiger partial charge in [0, 0.05) is 31.7 Å². The summed E-state index contributed by atoms with van der Waals surface area (Å²) in [6.07, 6.45) is 0. The Hall–Kier alpha value is -2.82. The van der Waals surface area contributed by atoms with Gasteiger partial charge >= 0.3 is 0 Å². The molecule has 1 aliphatic heterocycles. The number of halogens is 1. The van der Waals surface area contributed by atoms with Crippen molar-refractivity contribution in [3.8, 4) is 17.1 Å². The summed E-state index contributed by atoms with van der Waals surface area (Å²) in [5.74, 6) is 1.07. The zero-order valence-corrected chi connectivity index (χ0v) is 17.9. The molecule has 1 aliphatic rings. The SMILES string of the molecule is COc1ccc(-c2noc(CN3CCN(S(=O)(=O)Cc4cccc(F)c4)CC3)n2)cc1. The number of rotatable bonds is 7. The van der Waals surface area contributed by atoms with Gasteiger partial charge in [0.05, 0.1) is 19.4 Å². The van der Waals surface area contributed by atoms with E-state index in [1.54, 1.807) is 13.2 Å². The van der Waals surface area contributed by atoms with E-state index in [4.69, 9.17) is 9.26 Å². The van der Waals surface area contributed by atoms with Crippen molar-refractivity contribution in [3.05, 3.63) is 65.8 Å². The fourth-order valence-electron chi connectivity index (χ4n) is 3.46. The second-order valence-corrected chi connectivity index (χ2v) is 9.27. The second kappa shape index (κ2) is 9.13. The normalized spacial score (nSPS) is 15.8. The molecular formula is C21H23FN4O4S. The first-order chi connectivity index (χ1) is 14.9. The van der Waals surface area contributed by atoms with Crippen LogP contribution in [0.1, 0.15) is 11.5 Å². The van der Waals surface area contributed by atoms with E-state index in [0.717, 1.165) is 11.3 Å². The highest BCUT2D eigenvalue weighted by atomic mass is 32.2. The number of piperazine rings is 1. The Balaban J connectivity index is 1.32. The number of benzene rings is 2. The van der Waals surface area contributed by atoms with E-state index in [1.165, 1.54) is 22.5 Å². The van der Waals surface area contributed by atoms with Gasteiger partial charge in [-0.3, -0.25) is 4.90 Å². The van der Waals surface area contributed by atoms with Gasteiger partial charge in [0.1, 0.15) is 11.6 Å². The number of ether oxygens (including phenoxy) is 1. The molecule has 1 aromatic heterocycles. The molecule has 164 valence electrons. The van der Waals surface area contributed by atoms with Crippen LogP contribution < -0.4 is 4.74 Å². The van der Waals surface area contributed by atoms with Gasteiger partial charge < -0.3 is 9.26 Å². The van der Waals surface area contributed by atoms with Crippen LogP contribution in [0.2, 0.25) is 0 Å². The van der Waals surface area contributed by atoms with E-state index >= 15 is 0 Å². The van der Waals surface area contributed by atoms with E-state index in [0.29, 0.717) is 50.0 Å². The molecule has 0 amide bonds. The minimum atomic E-state index is -3.51. The molecule has 1 fully saturated rings. The topological polar surface area (TPSA) is 88.8 Å². The number of hydrogen-bond acceptors (Lipinski definition) is 7. The molecule has 3 aromatic rings. The minimum Gasteiger partial charge on any atom is -0.497 e. The molecule has 0 radical (unpaired) electrons. The van der Waals surface area contributed by atoms with E-state index < -0.39 is 15.8 Å². The summed E-state index contributed by atoms with van der Waals surface area (Å²) in [5.41, 5.74) is 1.27. The molecule has 2 aromatic carbocycles. The third-order valence-corrected chi connectivity index (χ3v) is 6.99. The van der Waals surface area contributed by atoms with Crippen LogP contribution in [0.25, 0.3) is 11.4 Å². The predicted octanol–water partition coefficient (Wildman–Crippen LogP) is 2.53. The molecule has 0 spiro atoms. The highest BCUT2D eigenvalue weighted by Crippen LogP contribution is 2.21. The maximum absolute atomic E-state index is 13.3. The van der Waals surface area contributed by atoms with Crippen LogP contribution in [0.4, 0.5) is 4.39 Å². The summed E-state index contributed by atoms with van der Waals surface area (Å²) in [6, 6.07) is 13.1. The maximum atomic E-state index is 13.3. The van der Waals surface area contributed by atoms with Crippen molar-refractivity contribution in [2.24, 2.45) is 0 Å². The molecular weight excluding hydrogens is 423 g/mol. The summed E-state index contributed by atoms with van der Waals surface area (Å²) in [7, 11) is -1.90. The molecule has 1 saturated heterocycles. The van der Waals surface area contributed by atoms with Gasteiger partial charge in [-0.1, -0.05) is 17.3 Å². The molecule has 4 rings (SSSR count). The van der Waals surface area contributed by atoms with E-state index in [2.05, 4.69) is 15.0 Å². The zero-order valence-electron chi connectivity index (χ0n) is 17.1. The Kier molecular flexibility index (Phi) is 6.30. The maximum Gasteiger partial charge on any atom is 0.241 e. The summed E-state index contributed by atoms with van der Waals surface area (Å²) >= 11 is 0. The summed E-state index contributed by atoms with van der Waals surface area (Å²) < 4.78 is 50.6. The molecule has 0 unspecified atom stereocenters. The Morgan fingerprint density at radius 3 is 2.52 bits per heavy atom. The molecule has 31 heavy (non-hydrogen) atoms. The van der Waals surface area contributed by atoms with Gasteiger partial charge in [0.2, 0.25) is 21.7 Å². The largest absolute Gasteiger partial charge is 0.497 e. The van der Waals surface area contributed by atoms with Gasteiger partial charge in [0.15, 0.2) is 0 Å². The Bertz CT molecular complexity index is 1130. The van der Waals surface area contributed by atoms with Crippen molar-refractivity contribution in [1.82, 2.24) is 19.3 Å². The number of hydrogen-bond donors (Lipinski definition) is 0. The first kappa shape index (κ1) is 21.4. The molecule has 2 heterocycles. The van der Waals surface area contributed by atoms with Crippen molar-refractivity contribution in [1.29, 1.82) is 0 Å². The van der Waals surface area contributed by atoms with Crippen LogP contribution in [-0.4, -0.2) is 61.1 Å². The monoisotopic (exact) mass is 446 g/mol. The third kappa shape index (κ3) is 5.27. The molecule has 0 N–H and O–H groups in total. The summed E-state index contributed by atoms with van der Waals surface area (Å²) in [5, 5.41) is 4.03. The van der Waals surface area contributed by atoms with Gasteiger partial charge in [-0.15, -0.1) is 0 Å². The van der Waals surface area contributed by atoms with Crippen LogP contribution in [0.15, 0.2) is 53.1 Å². The Morgan fingerprint density at radius 2 is 1.84 bits per heavy atom. The van der Waals surface area contributed by atoms with Gasteiger partial charge in [0.25, 0.3) is 0 Å². The number of sulfonamides is 1. The van der Waals surface area contributed by atoms with E-state index in [-0.39, 0.29) is 5.75 Å². The summed E-state index contributed by atoms with van der Waals surface area (Å²) in [6.45, 7) is 2.25. The van der Waals surface area contributed by atoms with Crippen molar-refractivity contribution >= 4 is 10.0 Å². The van der Waals surface area contributed by atoms with Gasteiger partial charge in [-0.05, 0) is 42.0 Å². The first-order valence-corrected chi connectivity index (χ1v) is 11.5. The van der Waals surface area contributed by atoms with E-state index in [1.807, 2.05) is 24.3 Å². The Labute approximate surface area is 180 Å². The zero-order chi connectivity index (χ0) is 21.8. The van der Waals surface area contributed by atoms with Crippen LogP contribution in [0.3, 0.4) is 0 Å². The third-order valence-electron chi connectivity index (χ3n) is 5.14. The van der Waals surface area contributed by atoms with Crippen molar-refractivity contribution < 1.29 is 22.1 Å². The van der Waals surface area contributed by atoms with Gasteiger partial charge in [-0.2, -0.15) is 9.29 Å². The van der Waals surface area contributed by atoms with Crippen LogP contribution in [0, 0.1) is 5.82 Å². The fraction of sp³-hybridized carbons (Fsp3) is 0.333. The molecule has 0 atom stereocenters.